The number of anilines is 2. The number of nitrogens with one attached hydrogen (secondary N) is 1. The Morgan fingerprint density at radius 3 is 1.70 bits per heavy atom. The molecule has 0 heterocycles. The molecule has 0 saturated carbocycles. The second kappa shape index (κ2) is 16.5. The monoisotopic (exact) mass is 952 g/mol. The van der Waals surface area contributed by atoms with Crippen LogP contribution < -0.4 is 11.1 Å². The summed E-state index contributed by atoms with van der Waals surface area (Å²) in [6.07, 6.45) is -0.241. The van der Waals surface area contributed by atoms with E-state index >= 15 is 0 Å². The number of phenols is 1. The number of nitrogens with two attached hydrogens (primary N) is 1. The Labute approximate surface area is 340 Å². The number of hydrogen-bond donors (Lipinski definition) is 7. The maximum Gasteiger partial charge on any atom is 0.296 e. The molecule has 60 heavy (non-hydrogen) atoms. The highest BCUT2D eigenvalue weighted by Gasteiger charge is 2.31. The summed E-state index contributed by atoms with van der Waals surface area (Å²) in [6, 6.07) is 5.11. The number of hydrogen-bond acceptors (Lipinski definition) is 19. The minimum atomic E-state index is -5.52. The molecule has 0 aliphatic rings. The van der Waals surface area contributed by atoms with Crippen molar-refractivity contribution in [2.75, 3.05) is 11.1 Å². The number of fused-ring (bicyclic) bond motifs is 1. The fourth-order valence-corrected chi connectivity index (χ4v) is 9.61. The van der Waals surface area contributed by atoms with E-state index in [1.54, 1.807) is 0 Å². The maximum absolute atomic E-state index is 12.8. The van der Waals surface area contributed by atoms with E-state index in [9.17, 15) is 78.6 Å². The molecule has 0 spiro atoms. The molecule has 0 fully saturated rings. The Bertz CT molecular complexity index is 3280. The van der Waals surface area contributed by atoms with Crippen LogP contribution in [0.4, 0.5) is 34.1 Å². The molecule has 0 aliphatic heterocycles. The zero-order valence-electron chi connectivity index (χ0n) is 29.8. The highest BCUT2D eigenvalue weighted by molar-refractivity contribution is 7.95. The van der Waals surface area contributed by atoms with Gasteiger partial charge in [0.2, 0.25) is 5.91 Å². The summed E-state index contributed by atoms with van der Waals surface area (Å²) in [5, 5.41) is 25.5. The Morgan fingerprint density at radius 1 is 0.683 bits per heavy atom. The van der Waals surface area contributed by atoms with Crippen LogP contribution in [0.15, 0.2) is 117 Å². The van der Waals surface area contributed by atoms with E-state index < -0.39 is 141 Å². The quantitative estimate of drug-likeness (QED) is 0.0500. The highest BCUT2D eigenvalue weighted by atomic mass is 32.2. The van der Waals surface area contributed by atoms with Crippen molar-refractivity contribution in [3.05, 3.63) is 72.5 Å². The van der Waals surface area contributed by atoms with Crippen molar-refractivity contribution in [2.45, 2.75) is 43.1 Å². The van der Waals surface area contributed by atoms with Gasteiger partial charge in [0.25, 0.3) is 40.5 Å². The van der Waals surface area contributed by atoms with Gasteiger partial charge in [0.15, 0.2) is 25.4 Å². The summed E-state index contributed by atoms with van der Waals surface area (Å²) >= 11 is 0. The minimum absolute atomic E-state index is 0.241. The van der Waals surface area contributed by atoms with E-state index in [-0.39, 0.29) is 12.1 Å². The van der Waals surface area contributed by atoms with Crippen molar-refractivity contribution in [1.29, 1.82) is 0 Å². The van der Waals surface area contributed by atoms with Crippen LogP contribution in [0.5, 0.6) is 5.75 Å². The van der Waals surface area contributed by atoms with Gasteiger partial charge >= 0.3 is 0 Å². The largest absolute Gasteiger partial charge is 0.505 e. The molecule has 0 aromatic heterocycles. The van der Waals surface area contributed by atoms with Crippen molar-refractivity contribution in [1.82, 2.24) is 0 Å². The summed E-state index contributed by atoms with van der Waals surface area (Å²) in [7, 11) is -30.0. The first kappa shape index (κ1) is 47.1. The lowest BCUT2D eigenvalue weighted by Gasteiger charge is -2.15. The summed E-state index contributed by atoms with van der Waals surface area (Å²) in [5.74, 6) is -2.50. The van der Waals surface area contributed by atoms with Crippen LogP contribution >= 0.6 is 0 Å². The lowest BCUT2D eigenvalue weighted by atomic mass is 10.1. The molecular formula is C30H28N6O18S6. The van der Waals surface area contributed by atoms with Gasteiger partial charge in [0.1, 0.15) is 47.6 Å². The van der Waals surface area contributed by atoms with Crippen molar-refractivity contribution in [2.24, 2.45) is 20.5 Å². The predicted octanol–water partition coefficient (Wildman–Crippen LogP) is 4.14. The second-order valence-corrected chi connectivity index (χ2v) is 21.3. The van der Waals surface area contributed by atoms with E-state index in [1.807, 2.05) is 0 Å². The Balaban J connectivity index is 2.03. The molecule has 8 N–H and O–H groups in total. The smallest absolute Gasteiger partial charge is 0.296 e. The van der Waals surface area contributed by atoms with Gasteiger partial charge in [-0.25, -0.2) is 16.8 Å². The van der Waals surface area contributed by atoms with Crippen LogP contribution in [0.1, 0.15) is 13.3 Å². The number of phenolic OH excluding ortho intramolecular Hbond substituents is 1. The van der Waals surface area contributed by atoms with Crippen LogP contribution in [0, 0.1) is 0 Å². The average Bonchev–Trinajstić information content (AvgIpc) is 3.12. The number of azo groups is 2. The fraction of sp³-hybridized carbons (Fsp3) is 0.100. The van der Waals surface area contributed by atoms with Gasteiger partial charge < -0.3 is 16.2 Å². The fourth-order valence-electron chi connectivity index (χ4n) is 5.17. The molecule has 0 radical (unpaired) electrons. The molecular weight excluding hydrogens is 925 g/mol. The average molecular weight is 953 g/mol. The third kappa shape index (κ3) is 9.89. The minimum Gasteiger partial charge on any atom is -0.505 e. The topological polar surface area (TPSA) is 411 Å². The zero-order chi connectivity index (χ0) is 45.6. The molecule has 0 aliphatic carbocycles. The molecule has 0 saturated heterocycles. The van der Waals surface area contributed by atoms with Crippen LogP contribution in [0.25, 0.3) is 10.8 Å². The number of rotatable bonds is 15. The number of nitrogens with zero attached hydrogens (tertiary/aromatic N) is 4. The van der Waals surface area contributed by atoms with Crippen molar-refractivity contribution in [3.63, 3.8) is 0 Å². The molecule has 30 heteroatoms. The van der Waals surface area contributed by atoms with Crippen LogP contribution in [0.2, 0.25) is 0 Å². The van der Waals surface area contributed by atoms with Crippen molar-refractivity contribution < 1.29 is 78.6 Å². The Morgan fingerprint density at radius 2 is 1.20 bits per heavy atom. The summed E-state index contributed by atoms with van der Waals surface area (Å²) in [4.78, 5) is 7.22. The van der Waals surface area contributed by atoms with Crippen LogP contribution in [-0.4, -0.2) is 85.0 Å². The van der Waals surface area contributed by atoms with E-state index in [1.165, 1.54) is 6.92 Å². The van der Waals surface area contributed by atoms with Gasteiger partial charge in [-0.2, -0.15) is 33.7 Å². The maximum atomic E-state index is 12.8. The van der Waals surface area contributed by atoms with Gasteiger partial charge in [-0.1, -0.05) is 20.1 Å². The molecule has 24 nitrogen and oxygen atoms in total. The van der Waals surface area contributed by atoms with Crippen molar-refractivity contribution >= 4 is 111 Å². The molecule has 1 unspecified atom stereocenters. The highest BCUT2D eigenvalue weighted by Crippen LogP contribution is 2.48. The van der Waals surface area contributed by atoms with Gasteiger partial charge in [0, 0.05) is 16.5 Å². The molecule has 1 atom stereocenters. The number of nitrogen functional groups attached to an aromatic ring is 1. The number of carbonyl (C=O) groups excluding carboxylic acids is 1. The van der Waals surface area contributed by atoms with E-state index in [0.29, 0.717) is 47.2 Å². The predicted molar refractivity (Wildman–Crippen MR) is 210 cm³/mol. The first-order valence-electron chi connectivity index (χ1n) is 15.6. The third-order valence-corrected chi connectivity index (χ3v) is 14.6. The SMILES string of the molecule is C=CS(=O)(=O)c1ccc(N=Nc2c(S(=O)(=O)O)cc3cc(S(=O)(=O)O)c(N=Nc4cc(NC(=O)C(CC)S(=O)(=O)C=C)ccc4S(=O)(=O)O)c(O)c3c2N)c(S(=O)(=O)O)c1. The number of carbonyl (C=O) groups is 1. The lowest BCUT2D eigenvalue weighted by Crippen LogP contribution is -2.33. The first-order valence-corrected chi connectivity index (χ1v) is 24.5. The first-order chi connectivity index (χ1) is 27.4. The van der Waals surface area contributed by atoms with Crippen LogP contribution in [0.3, 0.4) is 0 Å². The lowest BCUT2D eigenvalue weighted by molar-refractivity contribution is -0.115. The second-order valence-electron chi connectivity index (χ2n) is 11.8. The van der Waals surface area contributed by atoms with Crippen LogP contribution in [-0.2, 0) is 64.9 Å². The number of benzene rings is 4. The summed E-state index contributed by atoms with van der Waals surface area (Å²) in [5.41, 5.74) is 0.665. The number of amides is 1. The van der Waals surface area contributed by atoms with Crippen molar-refractivity contribution in [3.8, 4) is 5.75 Å². The normalized spacial score (nSPS) is 13.8. The molecule has 4 aromatic carbocycles. The molecule has 4 aromatic rings. The van der Waals surface area contributed by atoms with E-state index in [0.717, 1.165) is 12.1 Å². The summed E-state index contributed by atoms with van der Waals surface area (Å²) in [6.45, 7) is 7.58. The summed E-state index contributed by atoms with van der Waals surface area (Å²) < 4.78 is 187. The number of sulfone groups is 2. The van der Waals surface area contributed by atoms with Gasteiger partial charge in [0.05, 0.1) is 16.0 Å². The van der Waals surface area contributed by atoms with Gasteiger partial charge in [-0.3, -0.25) is 23.0 Å². The number of aromatic hydroxyl groups is 1. The molecule has 322 valence electrons. The standard InChI is InChI=1S/C30H28N6O18S6/c1-4-20(56(41,42)6-3)30(38)32-16-7-10-21(57(43,44)45)19(13-16)34-36-28-24(60(52,53)54)12-15-11-23(59(49,50)51)27(26(31)25(15)29(28)37)35-33-18-9-8-17(55(39,40)5-2)14-22(18)58(46,47)48/h5-14,20,37H,2-4,31H2,1H3,(H,32,38)(H,43,44,45)(H,46,47,48)(H,49,50,51)(H,52,53,54). The van der Waals surface area contributed by atoms with E-state index in [2.05, 4.69) is 38.9 Å². The third-order valence-electron chi connectivity index (χ3n) is 7.94. The molecule has 1 amide bonds. The van der Waals surface area contributed by atoms with Gasteiger partial charge in [-0.15, -0.1) is 20.5 Å². The molecule has 0 bridgehead atoms. The van der Waals surface area contributed by atoms with E-state index in [4.69, 9.17) is 5.73 Å². The van der Waals surface area contributed by atoms with Gasteiger partial charge in [-0.05, 0) is 60.3 Å². The Hall–Kier alpha value is -5.57. The molecule has 4 rings (SSSR count). The Kier molecular flexibility index (Phi) is 12.9. The zero-order valence-corrected chi connectivity index (χ0v) is 34.7.